The van der Waals surface area contributed by atoms with Gasteiger partial charge in [0.15, 0.2) is 0 Å². The Labute approximate surface area is 120 Å². The van der Waals surface area contributed by atoms with Crippen LogP contribution in [0.1, 0.15) is 26.7 Å². The van der Waals surface area contributed by atoms with Crippen molar-refractivity contribution in [3.8, 4) is 0 Å². The summed E-state index contributed by atoms with van der Waals surface area (Å²) < 4.78 is 0. The monoisotopic (exact) mass is 279 g/mol. The van der Waals surface area contributed by atoms with Gasteiger partial charge in [0.2, 0.25) is 5.91 Å². The highest BCUT2D eigenvalue weighted by molar-refractivity contribution is 5.95. The van der Waals surface area contributed by atoms with Crippen LogP contribution in [-0.4, -0.2) is 43.0 Å². The molecular weight excluding hydrogens is 254 g/mol. The maximum Gasteiger partial charge on any atom is 0.321 e. The van der Waals surface area contributed by atoms with Crippen molar-refractivity contribution in [2.45, 2.75) is 32.7 Å². The van der Waals surface area contributed by atoms with E-state index in [1.807, 2.05) is 0 Å². The van der Waals surface area contributed by atoms with Crippen molar-refractivity contribution >= 4 is 11.9 Å². The number of nitrogens with zero attached hydrogens (tertiary/aromatic N) is 1. The van der Waals surface area contributed by atoms with E-state index < -0.39 is 6.03 Å². The molecule has 3 atom stereocenters. The number of rotatable bonds is 5. The first-order valence-corrected chi connectivity index (χ1v) is 7.43. The van der Waals surface area contributed by atoms with E-state index in [0.29, 0.717) is 17.9 Å². The van der Waals surface area contributed by atoms with Gasteiger partial charge in [-0.3, -0.25) is 15.0 Å². The van der Waals surface area contributed by atoms with Crippen molar-refractivity contribution < 1.29 is 9.59 Å². The highest BCUT2D eigenvalue weighted by atomic mass is 16.2. The van der Waals surface area contributed by atoms with E-state index >= 15 is 0 Å². The molecule has 112 valence electrons. The summed E-state index contributed by atoms with van der Waals surface area (Å²) in [6.45, 7) is 5.40. The summed E-state index contributed by atoms with van der Waals surface area (Å²) in [4.78, 5) is 25.1. The highest BCUT2D eigenvalue weighted by Crippen LogP contribution is 2.43. The van der Waals surface area contributed by atoms with Gasteiger partial charge < -0.3 is 5.32 Å². The van der Waals surface area contributed by atoms with Gasteiger partial charge in [0, 0.05) is 19.6 Å². The topological polar surface area (TPSA) is 61.4 Å². The van der Waals surface area contributed by atoms with Gasteiger partial charge in [-0.15, -0.1) is 0 Å². The maximum absolute atomic E-state index is 11.8. The molecule has 5 heteroatoms. The molecule has 0 aromatic heterocycles. The zero-order valence-electron chi connectivity index (χ0n) is 12.6. The Hall–Kier alpha value is -1.36. The van der Waals surface area contributed by atoms with Crippen LogP contribution in [0.15, 0.2) is 12.2 Å². The fraction of sp³-hybridized carbons (Fsp3) is 0.733. The maximum atomic E-state index is 11.8. The van der Waals surface area contributed by atoms with Gasteiger partial charge in [-0.2, -0.15) is 0 Å². The molecule has 3 amide bonds. The summed E-state index contributed by atoms with van der Waals surface area (Å²) in [5.41, 5.74) is 0. The molecule has 0 saturated heterocycles. The van der Waals surface area contributed by atoms with Crippen LogP contribution < -0.4 is 10.6 Å². The van der Waals surface area contributed by atoms with E-state index in [1.165, 1.54) is 19.9 Å². The van der Waals surface area contributed by atoms with E-state index in [2.05, 4.69) is 41.5 Å². The van der Waals surface area contributed by atoms with Crippen LogP contribution in [0.4, 0.5) is 4.79 Å². The summed E-state index contributed by atoms with van der Waals surface area (Å²) in [5, 5.41) is 4.72. The summed E-state index contributed by atoms with van der Waals surface area (Å²) in [6.07, 6.45) is 7.18. The first-order chi connectivity index (χ1) is 9.49. The molecule has 1 saturated carbocycles. The van der Waals surface area contributed by atoms with Crippen LogP contribution in [0.5, 0.6) is 0 Å². The molecule has 2 N–H and O–H groups in total. The predicted octanol–water partition coefficient (Wildman–Crippen LogP) is 1.36. The SMILES string of the molecule is CNC(=O)NC(=O)CN(CC1CC2C=CC1C2)C(C)C. The molecule has 0 heterocycles. The van der Waals surface area contributed by atoms with Crippen LogP contribution in [0, 0.1) is 17.8 Å². The van der Waals surface area contributed by atoms with Gasteiger partial charge in [0.25, 0.3) is 0 Å². The van der Waals surface area contributed by atoms with Crippen LogP contribution >= 0.6 is 0 Å². The summed E-state index contributed by atoms with van der Waals surface area (Å²) >= 11 is 0. The van der Waals surface area contributed by atoms with Crippen molar-refractivity contribution in [3.05, 3.63) is 12.2 Å². The zero-order chi connectivity index (χ0) is 14.7. The second-order valence-electron chi connectivity index (χ2n) is 6.19. The van der Waals surface area contributed by atoms with E-state index in [0.717, 1.165) is 12.5 Å². The van der Waals surface area contributed by atoms with Crippen molar-refractivity contribution in [2.75, 3.05) is 20.1 Å². The fourth-order valence-electron chi connectivity index (χ4n) is 3.28. The predicted molar refractivity (Wildman–Crippen MR) is 78.2 cm³/mol. The minimum atomic E-state index is -0.443. The third kappa shape index (κ3) is 3.60. The molecule has 0 aromatic rings. The largest absolute Gasteiger partial charge is 0.341 e. The number of urea groups is 1. The molecule has 0 radical (unpaired) electrons. The molecule has 0 spiro atoms. The highest BCUT2D eigenvalue weighted by Gasteiger charge is 2.36. The van der Waals surface area contributed by atoms with Crippen LogP contribution in [-0.2, 0) is 4.79 Å². The van der Waals surface area contributed by atoms with Gasteiger partial charge in [0.1, 0.15) is 0 Å². The standard InChI is InChI=1S/C15H25N3O2/c1-10(2)18(9-14(19)17-15(20)16-3)8-13-7-11-4-5-12(13)6-11/h4-5,10-13H,6-9H2,1-3H3,(H2,16,17,19,20). The second kappa shape index (κ2) is 6.39. The van der Waals surface area contributed by atoms with E-state index in [1.54, 1.807) is 0 Å². The Morgan fingerprint density at radius 3 is 2.55 bits per heavy atom. The van der Waals surface area contributed by atoms with E-state index in [4.69, 9.17) is 0 Å². The fourth-order valence-corrected chi connectivity index (χ4v) is 3.28. The zero-order valence-corrected chi connectivity index (χ0v) is 12.6. The number of allylic oxidation sites excluding steroid dienone is 2. The smallest absolute Gasteiger partial charge is 0.321 e. The number of imide groups is 1. The first-order valence-electron chi connectivity index (χ1n) is 7.43. The minimum Gasteiger partial charge on any atom is -0.341 e. The normalized spacial score (nSPS) is 27.4. The van der Waals surface area contributed by atoms with E-state index in [-0.39, 0.29) is 12.5 Å². The van der Waals surface area contributed by atoms with Crippen molar-refractivity contribution in [3.63, 3.8) is 0 Å². The number of fused-ring (bicyclic) bond motifs is 2. The molecule has 2 bridgehead atoms. The lowest BCUT2D eigenvalue weighted by Gasteiger charge is -2.30. The van der Waals surface area contributed by atoms with Crippen molar-refractivity contribution in [1.29, 1.82) is 0 Å². The molecule has 2 aliphatic rings. The summed E-state index contributed by atoms with van der Waals surface area (Å²) in [5.74, 6) is 1.85. The lowest BCUT2D eigenvalue weighted by Crippen LogP contribution is -2.46. The molecule has 0 aliphatic heterocycles. The van der Waals surface area contributed by atoms with E-state index in [9.17, 15) is 9.59 Å². The number of nitrogens with one attached hydrogen (secondary N) is 2. The number of hydrogen-bond donors (Lipinski definition) is 2. The quantitative estimate of drug-likeness (QED) is 0.747. The van der Waals surface area contributed by atoms with Crippen LogP contribution in [0.2, 0.25) is 0 Å². The van der Waals surface area contributed by atoms with Crippen molar-refractivity contribution in [1.82, 2.24) is 15.5 Å². The van der Waals surface area contributed by atoms with Gasteiger partial charge in [0.05, 0.1) is 6.54 Å². The van der Waals surface area contributed by atoms with Crippen LogP contribution in [0.3, 0.4) is 0 Å². The Kier molecular flexibility index (Phi) is 4.81. The Morgan fingerprint density at radius 1 is 1.30 bits per heavy atom. The average molecular weight is 279 g/mol. The number of carbonyl (C=O) groups is 2. The molecule has 0 aromatic carbocycles. The minimum absolute atomic E-state index is 0.239. The molecular formula is C15H25N3O2. The molecule has 5 nitrogen and oxygen atoms in total. The molecule has 2 rings (SSSR count). The Bertz CT molecular complexity index is 406. The lowest BCUT2D eigenvalue weighted by molar-refractivity contribution is -0.121. The molecule has 3 unspecified atom stereocenters. The van der Waals surface area contributed by atoms with Gasteiger partial charge in [-0.25, -0.2) is 4.79 Å². The first kappa shape index (κ1) is 15.0. The lowest BCUT2D eigenvalue weighted by atomic mass is 9.92. The van der Waals surface area contributed by atoms with Crippen LogP contribution in [0.25, 0.3) is 0 Å². The molecule has 1 fully saturated rings. The summed E-state index contributed by atoms with van der Waals surface area (Å²) in [7, 11) is 1.50. The third-order valence-corrected chi connectivity index (χ3v) is 4.44. The Balaban J connectivity index is 1.86. The number of carbonyl (C=O) groups excluding carboxylic acids is 2. The molecule has 20 heavy (non-hydrogen) atoms. The summed E-state index contributed by atoms with van der Waals surface area (Å²) in [6, 6.07) is -0.143. The second-order valence-corrected chi connectivity index (χ2v) is 6.19. The number of amides is 3. The molecule has 2 aliphatic carbocycles. The average Bonchev–Trinajstić information content (AvgIpc) is 2.99. The Morgan fingerprint density at radius 2 is 2.05 bits per heavy atom. The third-order valence-electron chi connectivity index (χ3n) is 4.44. The van der Waals surface area contributed by atoms with Gasteiger partial charge >= 0.3 is 6.03 Å². The van der Waals surface area contributed by atoms with Crippen molar-refractivity contribution in [2.24, 2.45) is 17.8 Å². The number of hydrogen-bond acceptors (Lipinski definition) is 3. The van der Waals surface area contributed by atoms with Gasteiger partial charge in [-0.1, -0.05) is 12.2 Å². The van der Waals surface area contributed by atoms with Gasteiger partial charge in [-0.05, 0) is 44.4 Å².